The van der Waals surface area contributed by atoms with Gasteiger partial charge >= 0.3 is 0 Å². The van der Waals surface area contributed by atoms with E-state index in [4.69, 9.17) is 19.7 Å². The molecule has 4 rings (SSSR count). The third kappa shape index (κ3) is 5.93. The molecule has 2 fully saturated rings. The van der Waals surface area contributed by atoms with E-state index >= 15 is 0 Å². The highest BCUT2D eigenvalue weighted by Gasteiger charge is 2.51. The molecule has 2 aliphatic rings. The fourth-order valence-electron chi connectivity index (χ4n) is 7.95. The second-order valence-electron chi connectivity index (χ2n) is 14.0. The number of pyridine rings is 1. The third-order valence-corrected chi connectivity index (χ3v) is 9.50. The van der Waals surface area contributed by atoms with Gasteiger partial charge in [0.05, 0.1) is 35.9 Å². The van der Waals surface area contributed by atoms with Gasteiger partial charge < -0.3 is 14.5 Å². The molecule has 0 bridgehead atoms. The highest BCUT2D eigenvalue weighted by Crippen LogP contribution is 2.57. The van der Waals surface area contributed by atoms with E-state index in [0.29, 0.717) is 30.7 Å². The van der Waals surface area contributed by atoms with Crippen molar-refractivity contribution in [1.82, 2.24) is 19.9 Å². The molecule has 7 heteroatoms. The molecule has 1 amide bonds. The van der Waals surface area contributed by atoms with E-state index in [1.807, 2.05) is 11.8 Å². The quantitative estimate of drug-likeness (QED) is 0.287. The summed E-state index contributed by atoms with van der Waals surface area (Å²) in [5.41, 5.74) is 6.91. The van der Waals surface area contributed by atoms with Crippen molar-refractivity contribution in [2.45, 2.75) is 119 Å². The Bertz CT molecular complexity index is 1320. The van der Waals surface area contributed by atoms with Crippen molar-refractivity contribution in [3.63, 3.8) is 0 Å². The first-order valence-corrected chi connectivity index (χ1v) is 15.9. The summed E-state index contributed by atoms with van der Waals surface area (Å²) in [5, 5.41) is 0. The Kier molecular flexibility index (Phi) is 9.11. The van der Waals surface area contributed by atoms with Gasteiger partial charge in [0.1, 0.15) is 17.3 Å². The van der Waals surface area contributed by atoms with E-state index in [0.717, 1.165) is 78.3 Å². The van der Waals surface area contributed by atoms with Crippen molar-refractivity contribution in [2.24, 2.45) is 5.41 Å². The van der Waals surface area contributed by atoms with E-state index in [2.05, 4.69) is 73.3 Å². The highest BCUT2D eigenvalue weighted by molar-refractivity contribution is 5.93. The fourth-order valence-corrected chi connectivity index (χ4v) is 7.95. The van der Waals surface area contributed by atoms with Crippen LogP contribution < -0.4 is 4.90 Å². The number of nitrogens with zero attached hydrogens (tertiary/aromatic N) is 5. The summed E-state index contributed by atoms with van der Waals surface area (Å²) in [6, 6.07) is 2.17. The number of aryl methyl sites for hydroxylation is 3. The number of hydrogen-bond acceptors (Lipinski definition) is 6. The van der Waals surface area contributed by atoms with Gasteiger partial charge in [0.2, 0.25) is 0 Å². The van der Waals surface area contributed by atoms with Crippen molar-refractivity contribution >= 4 is 17.5 Å². The lowest BCUT2D eigenvalue weighted by molar-refractivity contribution is 0.0432. The van der Waals surface area contributed by atoms with Crippen LogP contribution >= 0.6 is 0 Å². The molecule has 230 valence electrons. The summed E-state index contributed by atoms with van der Waals surface area (Å²) in [6.07, 6.45) is 7.95. The number of aromatic nitrogens is 3. The Morgan fingerprint density at radius 1 is 0.976 bits per heavy atom. The maximum Gasteiger partial charge on any atom is 0.274 e. The topological polar surface area (TPSA) is 71.5 Å². The van der Waals surface area contributed by atoms with Gasteiger partial charge in [-0.2, -0.15) is 0 Å². The molecule has 0 unspecified atom stereocenters. The number of allylic oxidation sites excluding steroid dienone is 1. The summed E-state index contributed by atoms with van der Waals surface area (Å²) in [5.74, 6) is 1.87. The van der Waals surface area contributed by atoms with E-state index in [-0.39, 0.29) is 11.3 Å². The largest absolute Gasteiger partial charge is 0.496 e. The SMILES string of the molecule is CCCC1(c2nc(C(=O)N3CCN(c4cc(C)c(C(OC)=C(CC)CC)c(C)n4)CC3(C)C)cnc2C)CC(C)(C)C1. The summed E-state index contributed by atoms with van der Waals surface area (Å²) < 4.78 is 5.88. The second-order valence-corrected chi connectivity index (χ2v) is 14.0. The normalized spacial score (nSPS) is 18.8. The zero-order chi connectivity index (χ0) is 31.0. The van der Waals surface area contributed by atoms with Crippen molar-refractivity contribution in [3.05, 3.63) is 51.7 Å². The lowest BCUT2D eigenvalue weighted by atomic mass is 9.51. The minimum Gasteiger partial charge on any atom is -0.496 e. The van der Waals surface area contributed by atoms with Crippen molar-refractivity contribution < 1.29 is 9.53 Å². The average molecular weight is 576 g/mol. The summed E-state index contributed by atoms with van der Waals surface area (Å²) >= 11 is 0. The van der Waals surface area contributed by atoms with Gasteiger partial charge in [-0.3, -0.25) is 9.78 Å². The smallest absolute Gasteiger partial charge is 0.274 e. The first-order valence-electron chi connectivity index (χ1n) is 15.9. The minimum absolute atomic E-state index is 0.0281. The summed E-state index contributed by atoms with van der Waals surface area (Å²) in [7, 11) is 1.75. The predicted octanol–water partition coefficient (Wildman–Crippen LogP) is 7.57. The predicted molar refractivity (Wildman–Crippen MR) is 172 cm³/mol. The van der Waals surface area contributed by atoms with Crippen molar-refractivity contribution in [3.8, 4) is 0 Å². The number of anilines is 1. The van der Waals surface area contributed by atoms with Crippen LogP contribution in [-0.4, -0.2) is 58.0 Å². The van der Waals surface area contributed by atoms with Crippen LogP contribution in [-0.2, 0) is 10.2 Å². The third-order valence-electron chi connectivity index (χ3n) is 9.50. The molecule has 2 aromatic heterocycles. The summed E-state index contributed by atoms with van der Waals surface area (Å²) in [6.45, 7) is 23.8. The van der Waals surface area contributed by atoms with Gasteiger partial charge in [-0.05, 0) is 89.3 Å². The molecule has 1 aliphatic heterocycles. The van der Waals surface area contributed by atoms with Crippen molar-refractivity contribution in [1.29, 1.82) is 0 Å². The molecule has 0 spiro atoms. The maximum atomic E-state index is 14.0. The molecule has 1 aliphatic carbocycles. The van der Waals surface area contributed by atoms with Crippen LogP contribution in [0.25, 0.3) is 5.76 Å². The molecular formula is C35H53N5O2. The lowest BCUT2D eigenvalue weighted by Crippen LogP contribution is -2.61. The van der Waals surface area contributed by atoms with Gasteiger partial charge in [0.15, 0.2) is 0 Å². The zero-order valence-corrected chi connectivity index (χ0v) is 28.1. The highest BCUT2D eigenvalue weighted by atomic mass is 16.5. The van der Waals surface area contributed by atoms with Crippen LogP contribution in [0.5, 0.6) is 0 Å². The van der Waals surface area contributed by atoms with E-state index in [1.54, 1.807) is 13.3 Å². The van der Waals surface area contributed by atoms with Crippen molar-refractivity contribution in [2.75, 3.05) is 31.6 Å². The maximum absolute atomic E-state index is 14.0. The van der Waals surface area contributed by atoms with E-state index in [1.165, 1.54) is 5.57 Å². The number of hydrogen-bond donors (Lipinski definition) is 0. The van der Waals surface area contributed by atoms with Crippen LogP contribution in [0, 0.1) is 26.2 Å². The molecule has 2 aromatic rings. The van der Waals surface area contributed by atoms with Crippen LogP contribution in [0.2, 0.25) is 0 Å². The molecule has 1 saturated carbocycles. The minimum atomic E-state index is -0.404. The molecule has 1 saturated heterocycles. The van der Waals surface area contributed by atoms with Crippen LogP contribution in [0.1, 0.15) is 126 Å². The Labute approximate surface area is 254 Å². The average Bonchev–Trinajstić information content (AvgIpc) is 2.90. The second kappa shape index (κ2) is 12.0. The van der Waals surface area contributed by atoms with Gasteiger partial charge in [-0.1, -0.05) is 41.0 Å². The van der Waals surface area contributed by atoms with Crippen LogP contribution in [0.4, 0.5) is 5.82 Å². The first kappa shape index (κ1) is 32.0. The van der Waals surface area contributed by atoms with Gasteiger partial charge in [0.25, 0.3) is 5.91 Å². The van der Waals surface area contributed by atoms with Crippen LogP contribution in [0.15, 0.2) is 17.8 Å². The number of methoxy groups -OCH3 is 1. The standard InChI is InChI=1S/C35H53N5O2/c1-12-15-35(20-33(7,8)21-35)31-25(6)36-19-27(38-31)32(41)40-17-16-39(22-34(40,9)10)28-18-23(4)29(24(5)37-28)30(42-11)26(13-2)14-3/h18-19H,12-17,20-22H2,1-11H3. The Hall–Kier alpha value is -2.96. The molecule has 3 heterocycles. The molecule has 0 radical (unpaired) electrons. The summed E-state index contributed by atoms with van der Waals surface area (Å²) in [4.78, 5) is 33.1. The van der Waals surface area contributed by atoms with Crippen LogP contribution in [0.3, 0.4) is 0 Å². The molecule has 0 N–H and O–H groups in total. The molecule has 0 aromatic carbocycles. The number of ether oxygens (including phenoxy) is 1. The Balaban J connectivity index is 1.58. The lowest BCUT2D eigenvalue weighted by Gasteiger charge is -2.53. The number of amides is 1. The Morgan fingerprint density at radius 2 is 1.64 bits per heavy atom. The molecule has 0 atom stereocenters. The molecule has 42 heavy (non-hydrogen) atoms. The van der Waals surface area contributed by atoms with Gasteiger partial charge in [-0.15, -0.1) is 0 Å². The number of carbonyl (C=O) groups is 1. The number of carbonyl (C=O) groups excluding carboxylic acids is 1. The molecular weight excluding hydrogens is 522 g/mol. The van der Waals surface area contributed by atoms with E-state index in [9.17, 15) is 4.79 Å². The fraction of sp³-hybridized carbons (Fsp3) is 0.657. The van der Waals surface area contributed by atoms with Gasteiger partial charge in [-0.25, -0.2) is 9.97 Å². The Morgan fingerprint density at radius 3 is 2.17 bits per heavy atom. The zero-order valence-electron chi connectivity index (χ0n) is 28.1. The van der Waals surface area contributed by atoms with Gasteiger partial charge in [0, 0.05) is 30.6 Å². The number of piperazine rings is 1. The monoisotopic (exact) mass is 575 g/mol. The first-order chi connectivity index (χ1) is 19.7. The van der Waals surface area contributed by atoms with E-state index < -0.39 is 5.54 Å². The molecule has 7 nitrogen and oxygen atoms in total. The number of rotatable bonds is 9.